The normalized spacial score (nSPS) is 12.6. The predicted octanol–water partition coefficient (Wildman–Crippen LogP) is 3.91. The first-order valence-corrected chi connectivity index (χ1v) is 6.82. The number of carbonyl (C=O) groups is 2. The van der Waals surface area contributed by atoms with Crippen molar-refractivity contribution in [1.82, 2.24) is 4.90 Å². The number of halogens is 7. The van der Waals surface area contributed by atoms with E-state index in [0.717, 1.165) is 4.90 Å². The third kappa shape index (κ3) is 6.10. The summed E-state index contributed by atoms with van der Waals surface area (Å²) in [5.74, 6) is -0.849. The average molecular weight is 406 g/mol. The van der Waals surface area contributed by atoms with Crippen molar-refractivity contribution in [2.75, 3.05) is 19.4 Å². The van der Waals surface area contributed by atoms with Crippen LogP contribution < -0.4 is 5.32 Å². The summed E-state index contributed by atoms with van der Waals surface area (Å²) in [7, 11) is 2.61. The van der Waals surface area contributed by atoms with Crippen LogP contribution in [0.15, 0.2) is 23.4 Å². The van der Waals surface area contributed by atoms with Gasteiger partial charge in [0.15, 0.2) is 0 Å². The number of benzene rings is 1. The molecule has 0 fully saturated rings. The van der Waals surface area contributed by atoms with Crippen LogP contribution in [0.1, 0.15) is 11.1 Å². The first-order chi connectivity index (χ1) is 11.7. The molecule has 144 valence electrons. The number of anilines is 1. The van der Waals surface area contributed by atoms with Gasteiger partial charge in [-0.15, -0.1) is 0 Å². The molecule has 2 amide bonds. The first kappa shape index (κ1) is 21.5. The van der Waals surface area contributed by atoms with Crippen LogP contribution in [0.25, 0.3) is 0 Å². The lowest BCUT2D eigenvalue weighted by molar-refractivity contribution is -0.143. The fourth-order valence-electron chi connectivity index (χ4n) is 1.47. The van der Waals surface area contributed by atoms with Crippen molar-refractivity contribution in [3.63, 3.8) is 0 Å². The fraction of sp³-hybridized carbons (Fsp3) is 0.308. The number of oxime groups is 1. The van der Waals surface area contributed by atoms with Crippen LogP contribution in [-0.4, -0.2) is 36.2 Å². The van der Waals surface area contributed by atoms with E-state index in [1.54, 1.807) is 5.32 Å². The second-order valence-corrected chi connectivity index (χ2v) is 5.24. The second kappa shape index (κ2) is 7.81. The van der Waals surface area contributed by atoms with Crippen LogP contribution in [0.5, 0.6) is 0 Å². The average Bonchev–Trinajstić information content (AvgIpc) is 2.49. The highest BCUT2D eigenvalue weighted by molar-refractivity contribution is 6.82. The molecule has 1 N–H and O–H groups in total. The highest BCUT2D eigenvalue weighted by Crippen LogP contribution is 2.37. The van der Waals surface area contributed by atoms with E-state index in [9.17, 15) is 35.9 Å². The third-order valence-corrected chi connectivity index (χ3v) is 2.86. The molecule has 0 saturated carbocycles. The van der Waals surface area contributed by atoms with Gasteiger partial charge in [-0.25, -0.2) is 4.79 Å². The van der Waals surface area contributed by atoms with E-state index in [4.69, 9.17) is 11.6 Å². The van der Waals surface area contributed by atoms with Gasteiger partial charge in [0.2, 0.25) is 5.17 Å². The second-order valence-electron chi connectivity index (χ2n) is 4.88. The number of amides is 2. The molecule has 26 heavy (non-hydrogen) atoms. The molecule has 0 aromatic heterocycles. The lowest BCUT2D eigenvalue weighted by Gasteiger charge is -2.14. The van der Waals surface area contributed by atoms with Gasteiger partial charge in [0, 0.05) is 19.8 Å². The van der Waals surface area contributed by atoms with Gasteiger partial charge in [-0.05, 0) is 18.2 Å². The Morgan fingerprint density at radius 1 is 1.04 bits per heavy atom. The number of nitrogens with zero attached hydrogens (tertiary/aromatic N) is 2. The van der Waals surface area contributed by atoms with Gasteiger partial charge < -0.3 is 4.90 Å². The van der Waals surface area contributed by atoms with Gasteiger partial charge in [0.25, 0.3) is 5.91 Å². The maximum atomic E-state index is 12.7. The maximum Gasteiger partial charge on any atom is 0.437 e. The molecule has 0 aliphatic carbocycles. The quantitative estimate of drug-likeness (QED) is 0.359. The van der Waals surface area contributed by atoms with E-state index < -0.39 is 46.3 Å². The van der Waals surface area contributed by atoms with Gasteiger partial charge in [-0.1, -0.05) is 16.8 Å². The van der Waals surface area contributed by atoms with Crippen molar-refractivity contribution in [3.05, 3.63) is 29.3 Å². The van der Waals surface area contributed by atoms with Crippen LogP contribution in [0.4, 0.5) is 36.8 Å². The Balaban J connectivity index is 3.03. The van der Waals surface area contributed by atoms with Gasteiger partial charge in [-0.3, -0.25) is 14.9 Å². The van der Waals surface area contributed by atoms with Crippen molar-refractivity contribution in [3.8, 4) is 0 Å². The van der Waals surface area contributed by atoms with Crippen molar-refractivity contribution >= 4 is 34.5 Å². The summed E-state index contributed by atoms with van der Waals surface area (Å²) in [6.45, 7) is 0. The summed E-state index contributed by atoms with van der Waals surface area (Å²) < 4.78 is 76.2. The smallest absolute Gasteiger partial charge is 0.343 e. The van der Waals surface area contributed by atoms with Gasteiger partial charge >= 0.3 is 18.4 Å². The molecule has 1 rings (SSSR count). The lowest BCUT2D eigenvalue weighted by Crippen LogP contribution is -2.27. The van der Waals surface area contributed by atoms with Crippen molar-refractivity contribution in [1.29, 1.82) is 0 Å². The molecule has 1 aromatic rings. The molecule has 0 atom stereocenters. The number of alkyl halides is 6. The van der Waals surface area contributed by atoms with Gasteiger partial charge in [-0.2, -0.15) is 26.3 Å². The standard InChI is InChI=1S/C13H10ClF6N3O3/c1-23(2)10(24)9(14)22-26-11(25)21-8-4-6(12(15,16)17)3-7(5-8)13(18,19)20/h3-5H,1-2H3,(H,21,25)/b22-9+. The minimum atomic E-state index is -5.08. The van der Waals surface area contributed by atoms with Crippen LogP contribution in [0.2, 0.25) is 0 Å². The molecule has 0 unspecified atom stereocenters. The van der Waals surface area contributed by atoms with Crippen molar-refractivity contribution in [2.24, 2.45) is 5.16 Å². The SMILES string of the molecule is CN(C)C(=O)/C(Cl)=N\OC(=O)Nc1cc(C(F)(F)F)cc(C(F)(F)F)c1. The largest absolute Gasteiger partial charge is 0.437 e. The first-order valence-electron chi connectivity index (χ1n) is 6.44. The number of hydrogen-bond acceptors (Lipinski definition) is 4. The Morgan fingerprint density at radius 2 is 1.50 bits per heavy atom. The van der Waals surface area contributed by atoms with Crippen LogP contribution >= 0.6 is 11.6 Å². The third-order valence-electron chi connectivity index (χ3n) is 2.63. The van der Waals surface area contributed by atoms with Gasteiger partial charge in [0.1, 0.15) is 0 Å². The van der Waals surface area contributed by atoms with E-state index in [0.29, 0.717) is 0 Å². The molecule has 0 bridgehead atoms. The van der Waals surface area contributed by atoms with Crippen molar-refractivity contribution < 1.29 is 40.8 Å². The molecule has 0 saturated heterocycles. The van der Waals surface area contributed by atoms with E-state index in [1.165, 1.54) is 14.1 Å². The van der Waals surface area contributed by atoms with E-state index in [2.05, 4.69) is 9.99 Å². The number of nitrogens with one attached hydrogen (secondary N) is 1. The Kier molecular flexibility index (Phi) is 6.47. The number of rotatable bonds is 3. The molecule has 6 nitrogen and oxygen atoms in total. The Bertz CT molecular complexity index is 699. The zero-order chi connectivity index (χ0) is 20.3. The Morgan fingerprint density at radius 3 is 1.88 bits per heavy atom. The monoisotopic (exact) mass is 405 g/mol. The van der Waals surface area contributed by atoms with Crippen molar-refractivity contribution in [2.45, 2.75) is 12.4 Å². The highest BCUT2D eigenvalue weighted by atomic mass is 35.5. The zero-order valence-corrected chi connectivity index (χ0v) is 13.8. The summed E-state index contributed by atoms with van der Waals surface area (Å²) in [5.41, 5.74) is -4.11. The van der Waals surface area contributed by atoms with E-state index in [-0.39, 0.29) is 18.2 Å². The summed E-state index contributed by atoms with van der Waals surface area (Å²) >= 11 is 5.40. The highest BCUT2D eigenvalue weighted by Gasteiger charge is 2.37. The fourth-order valence-corrected chi connectivity index (χ4v) is 1.68. The molecule has 0 aliphatic rings. The topological polar surface area (TPSA) is 71.0 Å². The van der Waals surface area contributed by atoms with Gasteiger partial charge in [0.05, 0.1) is 11.1 Å². The lowest BCUT2D eigenvalue weighted by atomic mass is 10.1. The van der Waals surface area contributed by atoms with E-state index >= 15 is 0 Å². The molecule has 0 heterocycles. The molecule has 13 heteroatoms. The summed E-state index contributed by atoms with van der Waals surface area (Å²) in [6, 6.07) is 0.431. The minimum absolute atomic E-state index is 0.110. The zero-order valence-electron chi connectivity index (χ0n) is 13.0. The summed E-state index contributed by atoms with van der Waals surface area (Å²) in [4.78, 5) is 27.9. The Hall–Kier alpha value is -2.50. The van der Waals surface area contributed by atoms with Crippen LogP contribution in [0.3, 0.4) is 0 Å². The predicted molar refractivity (Wildman–Crippen MR) is 78.5 cm³/mol. The number of hydrogen-bond donors (Lipinski definition) is 1. The van der Waals surface area contributed by atoms with Crippen LogP contribution in [0, 0.1) is 0 Å². The van der Waals surface area contributed by atoms with E-state index in [1.807, 2.05) is 0 Å². The molecular formula is C13H10ClF6N3O3. The Labute approximate surface area is 147 Å². The van der Waals surface area contributed by atoms with Crippen LogP contribution in [-0.2, 0) is 22.0 Å². The molecular weight excluding hydrogens is 396 g/mol. The molecule has 0 radical (unpaired) electrons. The maximum absolute atomic E-state index is 12.7. The summed E-state index contributed by atoms with van der Waals surface area (Å²) in [6.07, 6.45) is -11.7. The molecule has 0 spiro atoms. The minimum Gasteiger partial charge on any atom is -0.343 e. The number of carbonyl (C=O) groups excluding carboxylic acids is 2. The summed E-state index contributed by atoms with van der Waals surface area (Å²) in [5, 5.41) is 3.77. The molecule has 1 aromatic carbocycles. The molecule has 0 aliphatic heterocycles.